The van der Waals surface area contributed by atoms with Crippen molar-refractivity contribution in [3.05, 3.63) is 11.1 Å². The van der Waals surface area contributed by atoms with Crippen LogP contribution in [0, 0.1) is 16.7 Å². The van der Waals surface area contributed by atoms with Gasteiger partial charge in [-0.25, -0.2) is 0 Å². The van der Waals surface area contributed by atoms with Crippen LogP contribution < -0.4 is 0 Å². The van der Waals surface area contributed by atoms with Crippen molar-refractivity contribution >= 4 is 23.9 Å². The zero-order valence-electron chi connectivity index (χ0n) is 24.2. The minimum atomic E-state index is -2.04. The first kappa shape index (κ1) is 30.4. The van der Waals surface area contributed by atoms with Crippen LogP contribution in [0.2, 0.25) is 0 Å². The van der Waals surface area contributed by atoms with E-state index in [1.807, 2.05) is 0 Å². The molecule has 3 fully saturated rings. The van der Waals surface area contributed by atoms with Gasteiger partial charge in [-0.1, -0.05) is 20.8 Å². The van der Waals surface area contributed by atoms with Gasteiger partial charge in [-0.2, -0.15) is 0 Å². The molecule has 12 nitrogen and oxygen atoms in total. The molecule has 224 valence electrons. The molecule has 4 rings (SSSR count). The predicted molar refractivity (Wildman–Crippen MR) is 135 cm³/mol. The van der Waals surface area contributed by atoms with Crippen molar-refractivity contribution in [3.63, 3.8) is 0 Å². The van der Waals surface area contributed by atoms with E-state index in [9.17, 15) is 34.5 Å². The second kappa shape index (κ2) is 9.78. The Morgan fingerprint density at radius 2 is 1.48 bits per heavy atom. The lowest BCUT2D eigenvalue weighted by Gasteiger charge is -2.69. The molecular weight excluding hydrogens is 528 g/mol. The van der Waals surface area contributed by atoms with Gasteiger partial charge in [0.05, 0.1) is 18.6 Å². The molecule has 0 aromatic rings. The Morgan fingerprint density at radius 1 is 0.900 bits per heavy atom. The molecule has 10 atom stereocenters. The monoisotopic (exact) mass is 568 g/mol. The van der Waals surface area contributed by atoms with Crippen molar-refractivity contribution in [2.45, 2.75) is 116 Å². The van der Waals surface area contributed by atoms with Gasteiger partial charge in [0.25, 0.3) is 0 Å². The summed E-state index contributed by atoms with van der Waals surface area (Å²) in [6.07, 6.45) is -8.04. The molecule has 1 aliphatic heterocycles. The van der Waals surface area contributed by atoms with Gasteiger partial charge in [0, 0.05) is 51.4 Å². The predicted octanol–water partition coefficient (Wildman–Crippen LogP) is 0.721. The number of hydrogen-bond acceptors (Lipinski definition) is 12. The summed E-state index contributed by atoms with van der Waals surface area (Å²) in [6.45, 7) is 11.1. The maximum Gasteiger partial charge on any atom is 0.303 e. The molecule has 0 unspecified atom stereocenters. The maximum atomic E-state index is 12.8. The van der Waals surface area contributed by atoms with Crippen LogP contribution in [0.4, 0.5) is 0 Å². The number of hydrogen-bond donors (Lipinski definition) is 3. The van der Waals surface area contributed by atoms with Gasteiger partial charge >= 0.3 is 23.9 Å². The summed E-state index contributed by atoms with van der Waals surface area (Å²) in [4.78, 5) is 49.7. The number of rotatable bonds is 4. The molecule has 0 aromatic heterocycles. The zero-order chi connectivity index (χ0) is 30.2. The molecule has 2 saturated carbocycles. The van der Waals surface area contributed by atoms with Crippen molar-refractivity contribution in [1.82, 2.24) is 0 Å². The summed E-state index contributed by atoms with van der Waals surface area (Å²) in [7, 11) is 0. The van der Waals surface area contributed by atoms with E-state index in [2.05, 4.69) is 0 Å². The third-order valence-electron chi connectivity index (χ3n) is 9.78. The Kier molecular flexibility index (Phi) is 7.44. The maximum absolute atomic E-state index is 12.8. The summed E-state index contributed by atoms with van der Waals surface area (Å²) in [5.41, 5.74) is -5.87. The van der Waals surface area contributed by atoms with Crippen molar-refractivity contribution < 1.29 is 58.2 Å². The van der Waals surface area contributed by atoms with Gasteiger partial charge in [-0.05, 0) is 18.1 Å². The van der Waals surface area contributed by atoms with Gasteiger partial charge < -0.3 is 39.0 Å². The van der Waals surface area contributed by atoms with Crippen LogP contribution in [0.25, 0.3) is 0 Å². The summed E-state index contributed by atoms with van der Waals surface area (Å²) < 4.78 is 28.9. The van der Waals surface area contributed by atoms with Gasteiger partial charge in [0.1, 0.15) is 30.0 Å². The number of carbonyl (C=O) groups excluding carboxylic acids is 4. The van der Waals surface area contributed by atoms with Crippen LogP contribution >= 0.6 is 0 Å². The minimum Gasteiger partial charge on any atom is -0.459 e. The lowest BCUT2D eigenvalue weighted by Crippen LogP contribution is -2.82. The van der Waals surface area contributed by atoms with E-state index < -0.39 is 88.5 Å². The molecule has 2 bridgehead atoms. The number of esters is 4. The van der Waals surface area contributed by atoms with Crippen molar-refractivity contribution in [2.75, 3.05) is 6.61 Å². The molecule has 12 heteroatoms. The molecule has 0 aromatic carbocycles. The molecule has 0 radical (unpaired) electrons. The van der Waals surface area contributed by atoms with Crippen molar-refractivity contribution in [3.8, 4) is 0 Å². The van der Waals surface area contributed by atoms with Crippen LogP contribution in [0.15, 0.2) is 11.1 Å². The summed E-state index contributed by atoms with van der Waals surface area (Å²) in [6, 6.07) is 0. The molecule has 1 saturated heterocycles. The second-order valence-corrected chi connectivity index (χ2v) is 12.4. The Labute approximate surface area is 232 Å². The fourth-order valence-electron chi connectivity index (χ4n) is 7.88. The van der Waals surface area contributed by atoms with Gasteiger partial charge in [0.15, 0.2) is 11.7 Å². The van der Waals surface area contributed by atoms with E-state index in [4.69, 9.17) is 23.7 Å². The third-order valence-corrected chi connectivity index (χ3v) is 9.78. The first-order chi connectivity index (χ1) is 18.3. The molecule has 0 amide bonds. The Bertz CT molecular complexity index is 1140. The van der Waals surface area contributed by atoms with E-state index in [1.165, 1.54) is 27.7 Å². The molecule has 3 aliphatic carbocycles. The zero-order valence-corrected chi connectivity index (χ0v) is 24.2. The van der Waals surface area contributed by atoms with E-state index in [1.54, 1.807) is 20.8 Å². The third kappa shape index (κ3) is 4.17. The quantitative estimate of drug-likeness (QED) is 0.247. The van der Waals surface area contributed by atoms with E-state index in [0.717, 1.165) is 6.92 Å². The molecule has 3 N–H and O–H groups in total. The highest BCUT2D eigenvalue weighted by Crippen LogP contribution is 2.65. The Morgan fingerprint density at radius 3 is 1.95 bits per heavy atom. The minimum absolute atomic E-state index is 0.0488. The van der Waals surface area contributed by atoms with E-state index in [0.29, 0.717) is 5.57 Å². The number of carbonyl (C=O) groups is 4. The van der Waals surface area contributed by atoms with Gasteiger partial charge in [-0.15, -0.1) is 0 Å². The number of fused-ring (bicyclic) bond motifs is 5. The van der Waals surface area contributed by atoms with E-state index in [-0.39, 0.29) is 25.0 Å². The number of ether oxygens (including phenoxy) is 5. The normalized spacial score (nSPS) is 43.5. The lowest BCUT2D eigenvalue weighted by atomic mass is 9.44. The average molecular weight is 569 g/mol. The van der Waals surface area contributed by atoms with Crippen molar-refractivity contribution in [2.24, 2.45) is 16.7 Å². The van der Waals surface area contributed by atoms with Crippen LogP contribution in [0.1, 0.15) is 68.2 Å². The lowest BCUT2D eigenvalue weighted by molar-refractivity contribution is -0.366. The molecule has 1 heterocycles. The van der Waals surface area contributed by atoms with Crippen LogP contribution in [-0.4, -0.2) is 93.6 Å². The average Bonchev–Trinajstić information content (AvgIpc) is 2.80. The highest BCUT2D eigenvalue weighted by atomic mass is 16.6. The van der Waals surface area contributed by atoms with Crippen LogP contribution in [0.5, 0.6) is 0 Å². The van der Waals surface area contributed by atoms with Gasteiger partial charge in [-0.3, -0.25) is 19.2 Å². The Hall–Kier alpha value is -2.54. The highest BCUT2D eigenvalue weighted by Gasteiger charge is 2.78. The standard InChI is InChI=1S/C28H40O12/c1-12-17(37-13(2)29)10-28(35)24(39-15(4)31)22-26(8,18(33)9-19-27(22,11-36-19)40-16(5)32)23(34)21(38-14(3)30)20(12)25(28,6)7/h17-19,21-24,33-35H,9-11H2,1-8H3/t17-,18-,19+,21+,22-,23-,24-,26+,27-,28+/m0/s1. The van der Waals surface area contributed by atoms with Crippen molar-refractivity contribution in [1.29, 1.82) is 0 Å². The number of aliphatic hydroxyl groups excluding tert-OH is 2. The fraction of sp³-hybridized carbons (Fsp3) is 0.786. The molecular formula is C28H40O12. The second-order valence-electron chi connectivity index (χ2n) is 12.4. The first-order valence-corrected chi connectivity index (χ1v) is 13.5. The van der Waals surface area contributed by atoms with Crippen LogP contribution in [0.3, 0.4) is 0 Å². The fourth-order valence-corrected chi connectivity index (χ4v) is 7.88. The smallest absolute Gasteiger partial charge is 0.303 e. The summed E-state index contributed by atoms with van der Waals surface area (Å²) in [5.74, 6) is -4.06. The van der Waals surface area contributed by atoms with Crippen LogP contribution in [-0.2, 0) is 42.9 Å². The largest absolute Gasteiger partial charge is 0.459 e. The SMILES string of the molecule is CC(=O)O[C@H]1C[C@@]2(O)[C@@H](OC(C)=O)[C@@H]3[C@]4(OC(C)=O)CO[C@@H]4C[C@H](O)[C@@]3(C)[C@@H](O)[C@H](OC(C)=O)C(=C1C)C2(C)C. The highest BCUT2D eigenvalue weighted by molar-refractivity contribution is 5.69. The number of aliphatic hydroxyl groups is 3. The Balaban J connectivity index is 2.12. The molecule has 40 heavy (non-hydrogen) atoms. The first-order valence-electron chi connectivity index (χ1n) is 13.5. The topological polar surface area (TPSA) is 175 Å². The molecule has 0 spiro atoms. The van der Waals surface area contributed by atoms with Gasteiger partial charge in [0.2, 0.25) is 0 Å². The summed E-state index contributed by atoms with van der Waals surface area (Å²) in [5, 5.41) is 36.6. The van der Waals surface area contributed by atoms with E-state index >= 15 is 0 Å². The molecule has 4 aliphatic rings. The summed E-state index contributed by atoms with van der Waals surface area (Å²) >= 11 is 0.